The number of hydrogen-bond donors (Lipinski definition) is 0. The number of rotatable bonds is 1. The molecule has 0 radical (unpaired) electrons. The molecule has 1 aromatic rings. The Bertz CT molecular complexity index is 392. The smallest absolute Gasteiger partial charge is 0.115 e. The van der Waals surface area contributed by atoms with Crippen molar-refractivity contribution in [1.82, 2.24) is 9.97 Å². The topological polar surface area (TPSA) is 25.8 Å². The van der Waals surface area contributed by atoms with E-state index in [4.69, 9.17) is 0 Å². The zero-order valence-electron chi connectivity index (χ0n) is 12.8. The van der Waals surface area contributed by atoms with Crippen molar-refractivity contribution in [3.8, 4) is 0 Å². The molecule has 2 heteroatoms. The third-order valence-electron chi connectivity index (χ3n) is 4.13. The van der Waals surface area contributed by atoms with Gasteiger partial charge in [-0.25, -0.2) is 9.97 Å². The van der Waals surface area contributed by atoms with Gasteiger partial charge in [0.2, 0.25) is 0 Å². The summed E-state index contributed by atoms with van der Waals surface area (Å²) in [5.41, 5.74) is 3.14. The summed E-state index contributed by atoms with van der Waals surface area (Å²) in [5.74, 6) is 0.867. The lowest BCUT2D eigenvalue weighted by Crippen LogP contribution is -2.15. The minimum Gasteiger partial charge on any atom is -0.245 e. The zero-order chi connectivity index (χ0) is 13.7. The van der Waals surface area contributed by atoms with E-state index in [0.29, 0.717) is 5.41 Å². The highest BCUT2D eigenvalue weighted by atomic mass is 14.8. The third kappa shape index (κ3) is 4.93. The summed E-state index contributed by atoms with van der Waals surface area (Å²) in [5, 5.41) is 0. The largest absolute Gasteiger partial charge is 0.245 e. The average Bonchev–Trinajstić information content (AvgIpc) is 2.35. The van der Waals surface area contributed by atoms with Gasteiger partial charge in [-0.3, -0.25) is 0 Å². The van der Waals surface area contributed by atoms with Crippen LogP contribution in [0.1, 0.15) is 70.6 Å². The fraction of sp³-hybridized carbons (Fsp3) is 0.765. The van der Waals surface area contributed by atoms with E-state index in [1.165, 1.54) is 49.8 Å². The summed E-state index contributed by atoms with van der Waals surface area (Å²) in [7, 11) is 0. The third-order valence-corrected chi connectivity index (χ3v) is 4.13. The molecule has 0 amide bonds. The van der Waals surface area contributed by atoms with Gasteiger partial charge in [0.05, 0.1) is 0 Å². The van der Waals surface area contributed by atoms with E-state index in [1.54, 1.807) is 6.33 Å². The maximum atomic E-state index is 4.48. The number of aromatic nitrogens is 2. The number of fused-ring (bicyclic) bond motifs is 1. The highest BCUT2D eigenvalue weighted by molar-refractivity contribution is 5.16. The van der Waals surface area contributed by atoms with Crippen LogP contribution in [0.5, 0.6) is 0 Å². The minimum absolute atomic E-state index is 0.449. The van der Waals surface area contributed by atoms with Crippen LogP contribution < -0.4 is 0 Å². The quantitative estimate of drug-likeness (QED) is 0.738. The molecular formula is C17H28N2. The first-order valence-corrected chi connectivity index (χ1v) is 7.82. The molecule has 19 heavy (non-hydrogen) atoms. The van der Waals surface area contributed by atoms with Crippen LogP contribution in [0.3, 0.4) is 0 Å². The summed E-state index contributed by atoms with van der Waals surface area (Å²) in [6, 6.07) is 0. The van der Waals surface area contributed by atoms with Crippen molar-refractivity contribution in [3.05, 3.63) is 23.8 Å². The summed E-state index contributed by atoms with van der Waals surface area (Å²) in [6.45, 7) is 7.09. The Morgan fingerprint density at radius 3 is 2.74 bits per heavy atom. The Morgan fingerprint density at radius 2 is 1.95 bits per heavy atom. The first-order chi connectivity index (χ1) is 9.04. The second kappa shape index (κ2) is 6.49. The molecule has 2 rings (SSSR count). The molecule has 0 saturated carbocycles. The van der Waals surface area contributed by atoms with E-state index < -0.39 is 0 Å². The van der Waals surface area contributed by atoms with Crippen molar-refractivity contribution in [2.75, 3.05) is 0 Å². The van der Waals surface area contributed by atoms with Gasteiger partial charge in [-0.1, -0.05) is 40.0 Å². The number of hydrogen-bond acceptors (Lipinski definition) is 2. The molecule has 1 aliphatic rings. The Kier molecular flexibility index (Phi) is 4.95. The van der Waals surface area contributed by atoms with Crippen molar-refractivity contribution < 1.29 is 0 Å². The molecule has 1 atom stereocenters. The molecular weight excluding hydrogens is 232 g/mol. The summed E-state index contributed by atoms with van der Waals surface area (Å²) in [4.78, 5) is 8.69. The van der Waals surface area contributed by atoms with Crippen LogP contribution >= 0.6 is 0 Å². The Labute approximate surface area is 118 Å². The second-order valence-corrected chi connectivity index (χ2v) is 7.26. The van der Waals surface area contributed by atoms with Gasteiger partial charge in [0.25, 0.3) is 0 Å². The standard InChI is InChI=1S/C17H28N2/c1-17(2,3)11-14-7-5-4-6-8-16-15(10-9-14)12-18-13-19-16/h12-14H,4-11H2,1-3H3. The Balaban J connectivity index is 2.05. The average molecular weight is 260 g/mol. The second-order valence-electron chi connectivity index (χ2n) is 7.26. The molecule has 0 fully saturated rings. The van der Waals surface area contributed by atoms with Gasteiger partial charge in [0.1, 0.15) is 6.33 Å². The van der Waals surface area contributed by atoms with Crippen LogP contribution in [-0.2, 0) is 12.8 Å². The van der Waals surface area contributed by atoms with Crippen molar-refractivity contribution in [2.24, 2.45) is 11.3 Å². The van der Waals surface area contributed by atoms with E-state index in [2.05, 4.69) is 30.7 Å². The van der Waals surface area contributed by atoms with E-state index >= 15 is 0 Å². The van der Waals surface area contributed by atoms with Crippen LogP contribution in [0.2, 0.25) is 0 Å². The van der Waals surface area contributed by atoms with E-state index in [-0.39, 0.29) is 0 Å². The lowest BCUT2D eigenvalue weighted by Gasteiger charge is -2.27. The van der Waals surface area contributed by atoms with Gasteiger partial charge in [-0.15, -0.1) is 0 Å². The molecule has 0 aliphatic heterocycles. The summed E-state index contributed by atoms with van der Waals surface area (Å²) in [6.07, 6.45) is 14.1. The van der Waals surface area contributed by atoms with Crippen LogP contribution in [-0.4, -0.2) is 9.97 Å². The molecule has 0 bridgehead atoms. The first-order valence-electron chi connectivity index (χ1n) is 7.82. The molecule has 1 heterocycles. The van der Waals surface area contributed by atoms with Crippen molar-refractivity contribution >= 4 is 0 Å². The number of nitrogens with zero attached hydrogens (tertiary/aromatic N) is 2. The fourth-order valence-corrected chi connectivity index (χ4v) is 3.29. The fourth-order valence-electron chi connectivity index (χ4n) is 3.29. The molecule has 1 aromatic heterocycles. The van der Waals surface area contributed by atoms with Gasteiger partial charge >= 0.3 is 0 Å². The minimum atomic E-state index is 0.449. The van der Waals surface area contributed by atoms with Gasteiger partial charge in [-0.2, -0.15) is 0 Å². The van der Waals surface area contributed by atoms with Crippen molar-refractivity contribution in [3.63, 3.8) is 0 Å². The maximum absolute atomic E-state index is 4.48. The van der Waals surface area contributed by atoms with Crippen LogP contribution in [0.25, 0.3) is 0 Å². The van der Waals surface area contributed by atoms with Crippen LogP contribution in [0.4, 0.5) is 0 Å². The van der Waals surface area contributed by atoms with Gasteiger partial charge in [-0.05, 0) is 49.0 Å². The van der Waals surface area contributed by atoms with E-state index in [9.17, 15) is 0 Å². The molecule has 0 spiro atoms. The monoisotopic (exact) mass is 260 g/mol. The van der Waals surface area contributed by atoms with Crippen molar-refractivity contribution in [1.29, 1.82) is 0 Å². The molecule has 2 nitrogen and oxygen atoms in total. The molecule has 0 aromatic carbocycles. The van der Waals surface area contributed by atoms with Gasteiger partial charge < -0.3 is 0 Å². The first kappa shape index (κ1) is 14.5. The van der Waals surface area contributed by atoms with E-state index in [1.807, 2.05) is 6.20 Å². The van der Waals surface area contributed by atoms with Crippen LogP contribution in [0, 0.1) is 11.3 Å². The highest BCUT2D eigenvalue weighted by Crippen LogP contribution is 2.31. The molecule has 1 unspecified atom stereocenters. The maximum Gasteiger partial charge on any atom is 0.115 e. The SMILES string of the molecule is CC(C)(C)CC1CCCCCc2ncncc2CC1. The summed E-state index contributed by atoms with van der Waals surface area (Å²) >= 11 is 0. The lowest BCUT2D eigenvalue weighted by molar-refractivity contribution is 0.264. The number of aryl methyl sites for hydroxylation is 2. The lowest BCUT2D eigenvalue weighted by atomic mass is 9.79. The molecule has 0 saturated heterocycles. The Morgan fingerprint density at radius 1 is 1.11 bits per heavy atom. The normalized spacial score (nSPS) is 21.7. The molecule has 1 aliphatic carbocycles. The highest BCUT2D eigenvalue weighted by Gasteiger charge is 2.19. The predicted octanol–water partition coefficient (Wildman–Crippen LogP) is 4.58. The van der Waals surface area contributed by atoms with Gasteiger partial charge in [0.15, 0.2) is 0 Å². The molecule has 0 N–H and O–H groups in total. The zero-order valence-corrected chi connectivity index (χ0v) is 12.8. The predicted molar refractivity (Wildman–Crippen MR) is 80.1 cm³/mol. The Hall–Kier alpha value is -0.920. The van der Waals surface area contributed by atoms with Crippen LogP contribution in [0.15, 0.2) is 12.5 Å². The summed E-state index contributed by atoms with van der Waals surface area (Å²) < 4.78 is 0. The van der Waals surface area contributed by atoms with Crippen molar-refractivity contribution in [2.45, 2.75) is 72.1 Å². The van der Waals surface area contributed by atoms with E-state index in [0.717, 1.165) is 18.8 Å². The van der Waals surface area contributed by atoms with Gasteiger partial charge in [0, 0.05) is 11.9 Å². The molecule has 106 valence electrons.